The molecule has 178 valence electrons. The Balaban J connectivity index is 2.46. The molecule has 1 aromatic heterocycles. The summed E-state index contributed by atoms with van der Waals surface area (Å²) in [6, 6.07) is 4.91. The maximum atomic E-state index is 12.3. The van der Waals surface area contributed by atoms with Crippen LogP contribution < -0.4 is 15.8 Å². The van der Waals surface area contributed by atoms with Crippen LogP contribution in [0.2, 0.25) is 0 Å². The summed E-state index contributed by atoms with van der Waals surface area (Å²) in [7, 11) is 6.20. The van der Waals surface area contributed by atoms with Gasteiger partial charge in [0.25, 0.3) is 0 Å². The van der Waals surface area contributed by atoms with E-state index in [4.69, 9.17) is 24.7 Å². The molecule has 1 amide bonds. The smallest absolute Gasteiger partial charge is 0.241 e. The topological polar surface area (TPSA) is 105 Å². The Morgan fingerprint density at radius 3 is 2.55 bits per heavy atom. The second-order valence-electron chi connectivity index (χ2n) is 7.02. The number of carbonyl (C=O) groups excluding carboxylic acids is 1. The average Bonchev–Trinajstić information content (AvgIpc) is 3.33. The number of rotatable bonds is 11. The largest absolute Gasteiger partial charge is 0.497 e. The third kappa shape index (κ3) is 6.15. The molecule has 8 nitrogen and oxygen atoms in total. The summed E-state index contributed by atoms with van der Waals surface area (Å²) in [4.78, 5) is 13.2. The van der Waals surface area contributed by atoms with Crippen LogP contribution in [0.25, 0.3) is 16.7 Å². The van der Waals surface area contributed by atoms with Crippen LogP contribution in [0.15, 0.2) is 54.3 Å². The molecule has 0 aliphatic rings. The Labute approximate surface area is 198 Å². The number of ether oxygens (including phenoxy) is 4. The fraction of sp³-hybridized carbons (Fsp3) is 0.333. The molecule has 1 atom stereocenters. The number of carbonyl (C=O) groups is 1. The summed E-state index contributed by atoms with van der Waals surface area (Å²) in [6.07, 6.45) is 4.05. The van der Waals surface area contributed by atoms with Crippen LogP contribution in [0.4, 0.5) is 5.69 Å². The van der Waals surface area contributed by atoms with Crippen molar-refractivity contribution in [3.63, 3.8) is 0 Å². The number of hydrogen-bond donors (Lipinski definition) is 2. The molecule has 1 unspecified atom stereocenters. The van der Waals surface area contributed by atoms with Crippen molar-refractivity contribution in [1.29, 1.82) is 0 Å². The van der Waals surface area contributed by atoms with Gasteiger partial charge < -0.3 is 30.0 Å². The van der Waals surface area contributed by atoms with Gasteiger partial charge in [-0.3, -0.25) is 4.79 Å². The Bertz CT molecular complexity index is 1060. The highest BCUT2D eigenvalue weighted by atomic mass is 32.1. The van der Waals surface area contributed by atoms with E-state index < -0.39 is 6.04 Å². The Morgan fingerprint density at radius 1 is 1.24 bits per heavy atom. The number of hydrogen-bond acceptors (Lipinski definition) is 8. The molecule has 0 bridgehead atoms. The Morgan fingerprint density at radius 2 is 1.97 bits per heavy atom. The molecule has 0 aliphatic heterocycles. The summed E-state index contributed by atoms with van der Waals surface area (Å²) in [5, 5.41) is 2.85. The lowest BCUT2D eigenvalue weighted by Gasteiger charge is -2.15. The number of aromatic nitrogens is 1. The molecule has 0 fully saturated rings. The summed E-state index contributed by atoms with van der Waals surface area (Å²) in [5.41, 5.74) is 8.76. The number of benzene rings is 1. The van der Waals surface area contributed by atoms with E-state index in [1.54, 1.807) is 53.7 Å². The average molecular weight is 474 g/mol. The number of nitrogens with one attached hydrogen (secondary N) is 1. The maximum absolute atomic E-state index is 12.3. The van der Waals surface area contributed by atoms with E-state index in [9.17, 15) is 4.79 Å². The van der Waals surface area contributed by atoms with Gasteiger partial charge in [-0.15, -0.1) is 0 Å². The molecule has 2 rings (SSSR count). The third-order valence-corrected chi connectivity index (χ3v) is 5.86. The highest BCUT2D eigenvalue weighted by molar-refractivity contribution is 7.07. The van der Waals surface area contributed by atoms with Crippen LogP contribution in [0.5, 0.6) is 5.75 Å². The number of amides is 1. The van der Waals surface area contributed by atoms with Gasteiger partial charge in [0.15, 0.2) is 11.5 Å². The van der Waals surface area contributed by atoms with Gasteiger partial charge in [-0.1, -0.05) is 19.6 Å². The first-order valence-corrected chi connectivity index (χ1v) is 11.0. The van der Waals surface area contributed by atoms with Crippen molar-refractivity contribution < 1.29 is 23.7 Å². The lowest BCUT2D eigenvalue weighted by Crippen LogP contribution is -2.34. The van der Waals surface area contributed by atoms with E-state index in [0.29, 0.717) is 40.7 Å². The van der Waals surface area contributed by atoms with Gasteiger partial charge in [0.2, 0.25) is 5.91 Å². The van der Waals surface area contributed by atoms with Crippen molar-refractivity contribution in [1.82, 2.24) is 4.37 Å². The quantitative estimate of drug-likeness (QED) is 0.364. The van der Waals surface area contributed by atoms with E-state index in [2.05, 4.69) is 16.3 Å². The minimum absolute atomic E-state index is 0.277. The van der Waals surface area contributed by atoms with Gasteiger partial charge >= 0.3 is 0 Å². The monoisotopic (exact) mass is 473 g/mol. The fourth-order valence-corrected chi connectivity index (χ4v) is 3.72. The van der Waals surface area contributed by atoms with E-state index in [-0.39, 0.29) is 5.91 Å². The predicted molar refractivity (Wildman–Crippen MR) is 132 cm³/mol. The number of methoxy groups -OCH3 is 4. The minimum Gasteiger partial charge on any atom is -0.497 e. The van der Waals surface area contributed by atoms with Crippen molar-refractivity contribution in [3.8, 4) is 16.9 Å². The van der Waals surface area contributed by atoms with Crippen molar-refractivity contribution in [2.45, 2.75) is 26.3 Å². The first-order valence-electron chi connectivity index (χ1n) is 10.2. The minimum atomic E-state index is -0.604. The van der Waals surface area contributed by atoms with Gasteiger partial charge in [-0.05, 0) is 54.2 Å². The van der Waals surface area contributed by atoms with Crippen LogP contribution in [0, 0.1) is 0 Å². The number of nitrogens with two attached hydrogens (primary N) is 1. The molecule has 0 saturated heterocycles. The normalized spacial score (nSPS) is 13.0. The standard InChI is InChI=1S/C24H31N3O5S/c1-8-18(25)24(28)27-19-12-16(9-10-20(19)30-5)17-13-26-33-23(17)14(2)11-21(31-6)22(32-7)15(3)29-4/h9-13,18H,2,8,25H2,1,3-7H3,(H,27,28)/b21-11+,22-15-. The first-order chi connectivity index (χ1) is 15.8. The summed E-state index contributed by atoms with van der Waals surface area (Å²) >= 11 is 1.30. The summed E-state index contributed by atoms with van der Waals surface area (Å²) in [5.74, 6) is 1.77. The molecule has 3 N–H and O–H groups in total. The molecule has 0 radical (unpaired) electrons. The maximum Gasteiger partial charge on any atom is 0.241 e. The summed E-state index contributed by atoms with van der Waals surface area (Å²) in [6.45, 7) is 7.83. The van der Waals surface area contributed by atoms with Crippen molar-refractivity contribution in [2.75, 3.05) is 33.8 Å². The van der Waals surface area contributed by atoms with E-state index in [0.717, 1.165) is 16.0 Å². The lowest BCUT2D eigenvalue weighted by atomic mass is 10.0. The molecule has 0 spiro atoms. The molecule has 1 heterocycles. The van der Waals surface area contributed by atoms with Crippen LogP contribution in [-0.2, 0) is 19.0 Å². The highest BCUT2D eigenvalue weighted by Gasteiger charge is 2.18. The van der Waals surface area contributed by atoms with E-state index in [1.165, 1.54) is 11.5 Å². The van der Waals surface area contributed by atoms with E-state index in [1.807, 2.05) is 19.1 Å². The SMILES string of the molecule is C=C(/C=C(OC)\C(OC)=C(/C)OC)c1sncc1-c1ccc(OC)c(NC(=O)C(N)CC)c1. The Hall–Kier alpha value is -3.30. The molecule has 33 heavy (non-hydrogen) atoms. The molecular formula is C24H31N3O5S. The zero-order chi connectivity index (χ0) is 24.5. The van der Waals surface area contributed by atoms with Crippen molar-refractivity contribution >= 4 is 28.7 Å². The molecule has 2 aromatic rings. The zero-order valence-electron chi connectivity index (χ0n) is 19.9. The Kier molecular flexibility index (Phi) is 9.50. The lowest BCUT2D eigenvalue weighted by molar-refractivity contribution is -0.117. The van der Waals surface area contributed by atoms with Gasteiger partial charge in [-0.25, -0.2) is 0 Å². The number of anilines is 1. The fourth-order valence-electron chi connectivity index (χ4n) is 3.01. The molecule has 0 saturated carbocycles. The predicted octanol–water partition coefficient (Wildman–Crippen LogP) is 4.56. The van der Waals surface area contributed by atoms with Crippen LogP contribution in [-0.4, -0.2) is 44.8 Å². The molecule has 9 heteroatoms. The molecule has 0 aliphatic carbocycles. The summed E-state index contributed by atoms with van der Waals surface area (Å²) < 4.78 is 26.0. The van der Waals surface area contributed by atoms with Crippen LogP contribution in [0.3, 0.4) is 0 Å². The van der Waals surface area contributed by atoms with Crippen molar-refractivity contribution in [3.05, 3.63) is 59.2 Å². The number of nitrogens with zero attached hydrogens (tertiary/aromatic N) is 1. The second kappa shape index (κ2) is 12.1. The van der Waals surface area contributed by atoms with E-state index >= 15 is 0 Å². The highest BCUT2D eigenvalue weighted by Crippen LogP contribution is 2.37. The van der Waals surface area contributed by atoms with Gasteiger partial charge in [0.1, 0.15) is 11.5 Å². The van der Waals surface area contributed by atoms with Gasteiger partial charge in [-0.2, -0.15) is 4.37 Å². The third-order valence-electron chi connectivity index (χ3n) is 4.99. The second-order valence-corrected chi connectivity index (χ2v) is 7.82. The number of allylic oxidation sites excluding steroid dienone is 3. The van der Waals surface area contributed by atoms with Crippen LogP contribution in [0.1, 0.15) is 25.1 Å². The molecule has 1 aromatic carbocycles. The van der Waals surface area contributed by atoms with Gasteiger partial charge in [0.05, 0.1) is 45.0 Å². The van der Waals surface area contributed by atoms with Crippen molar-refractivity contribution in [2.24, 2.45) is 5.73 Å². The van der Waals surface area contributed by atoms with Crippen LogP contribution >= 0.6 is 11.5 Å². The first kappa shape index (κ1) is 26.0. The van der Waals surface area contributed by atoms with Gasteiger partial charge in [0, 0.05) is 11.8 Å². The zero-order valence-corrected chi connectivity index (χ0v) is 20.7. The molecular weight excluding hydrogens is 442 g/mol.